The van der Waals surface area contributed by atoms with E-state index in [0.717, 1.165) is 37.7 Å². The second-order valence-corrected chi connectivity index (χ2v) is 6.39. The highest BCUT2D eigenvalue weighted by atomic mass is 35.5. The number of nitrogens with zero attached hydrogens (tertiary/aromatic N) is 2. The van der Waals surface area contributed by atoms with Crippen molar-refractivity contribution >= 4 is 23.3 Å². The van der Waals surface area contributed by atoms with E-state index in [4.69, 9.17) is 21.1 Å². The SMILES string of the molecule is O=C(CCOc1ccc(Cl)cc1)NCc1ccc(N2CCOCC2)nc1. The average molecular weight is 376 g/mol. The molecule has 1 aromatic carbocycles. The number of halogens is 1. The summed E-state index contributed by atoms with van der Waals surface area (Å²) in [6.45, 7) is 3.96. The molecule has 26 heavy (non-hydrogen) atoms. The van der Waals surface area contributed by atoms with Crippen molar-refractivity contribution in [2.24, 2.45) is 0 Å². The standard InChI is InChI=1S/C19H22ClN3O3/c20-16-2-4-17(5-3-16)26-10-7-19(24)22-14-15-1-6-18(21-13-15)23-8-11-25-12-9-23/h1-6,13H,7-12,14H2,(H,22,24). The number of amides is 1. The van der Waals surface area contributed by atoms with Crippen molar-refractivity contribution in [2.45, 2.75) is 13.0 Å². The highest BCUT2D eigenvalue weighted by molar-refractivity contribution is 6.30. The molecule has 0 aliphatic carbocycles. The third-order valence-electron chi connectivity index (χ3n) is 4.05. The lowest BCUT2D eigenvalue weighted by atomic mass is 10.2. The molecule has 1 aliphatic heterocycles. The molecule has 7 heteroatoms. The van der Waals surface area contributed by atoms with Gasteiger partial charge in [0.2, 0.25) is 5.91 Å². The third-order valence-corrected chi connectivity index (χ3v) is 4.30. The lowest BCUT2D eigenvalue weighted by Gasteiger charge is -2.27. The first kappa shape index (κ1) is 18.5. The van der Waals surface area contributed by atoms with Gasteiger partial charge in [0.05, 0.1) is 26.2 Å². The van der Waals surface area contributed by atoms with Gasteiger partial charge in [-0.3, -0.25) is 4.79 Å². The van der Waals surface area contributed by atoms with Crippen LogP contribution in [0.1, 0.15) is 12.0 Å². The molecule has 1 saturated heterocycles. The Kier molecular flexibility index (Phi) is 6.68. The van der Waals surface area contributed by atoms with Gasteiger partial charge in [0.25, 0.3) is 0 Å². The number of aromatic nitrogens is 1. The fourth-order valence-corrected chi connectivity index (χ4v) is 2.71. The normalized spacial score (nSPS) is 14.1. The van der Waals surface area contributed by atoms with Crippen molar-refractivity contribution in [3.63, 3.8) is 0 Å². The van der Waals surface area contributed by atoms with Crippen LogP contribution < -0.4 is 15.0 Å². The maximum Gasteiger partial charge on any atom is 0.223 e. The summed E-state index contributed by atoms with van der Waals surface area (Å²) >= 11 is 5.82. The molecule has 1 N–H and O–H groups in total. The largest absolute Gasteiger partial charge is 0.493 e. The van der Waals surface area contributed by atoms with E-state index in [2.05, 4.69) is 15.2 Å². The number of hydrogen-bond acceptors (Lipinski definition) is 5. The molecule has 0 spiro atoms. The van der Waals surface area contributed by atoms with Crippen LogP contribution in [-0.2, 0) is 16.1 Å². The van der Waals surface area contributed by atoms with Gasteiger partial charge in [-0.15, -0.1) is 0 Å². The Morgan fingerprint density at radius 3 is 2.65 bits per heavy atom. The van der Waals surface area contributed by atoms with Crippen LogP contribution in [0.15, 0.2) is 42.6 Å². The Morgan fingerprint density at radius 1 is 1.19 bits per heavy atom. The Balaban J connectivity index is 1.37. The fraction of sp³-hybridized carbons (Fsp3) is 0.368. The van der Waals surface area contributed by atoms with Gasteiger partial charge in [0.1, 0.15) is 11.6 Å². The maximum absolute atomic E-state index is 11.9. The van der Waals surface area contributed by atoms with E-state index in [1.54, 1.807) is 30.5 Å². The third kappa shape index (κ3) is 5.61. The monoisotopic (exact) mass is 375 g/mol. The zero-order chi connectivity index (χ0) is 18.2. The summed E-state index contributed by atoms with van der Waals surface area (Å²) in [6, 6.07) is 11.0. The summed E-state index contributed by atoms with van der Waals surface area (Å²) in [7, 11) is 0. The first-order valence-corrected chi connectivity index (χ1v) is 9.01. The number of benzene rings is 1. The number of carbonyl (C=O) groups is 1. The first-order chi connectivity index (χ1) is 12.7. The van der Waals surface area contributed by atoms with Crippen LogP contribution in [0.25, 0.3) is 0 Å². The minimum Gasteiger partial charge on any atom is -0.493 e. The van der Waals surface area contributed by atoms with E-state index < -0.39 is 0 Å². The fourth-order valence-electron chi connectivity index (χ4n) is 2.58. The molecule has 2 aromatic rings. The molecule has 1 fully saturated rings. The topological polar surface area (TPSA) is 63.7 Å². The van der Waals surface area contributed by atoms with Crippen molar-refractivity contribution in [1.29, 1.82) is 0 Å². The quantitative estimate of drug-likeness (QED) is 0.806. The molecule has 1 aliphatic rings. The molecule has 0 saturated carbocycles. The summed E-state index contributed by atoms with van der Waals surface area (Å²) in [5.41, 5.74) is 0.967. The lowest BCUT2D eigenvalue weighted by molar-refractivity contribution is -0.121. The van der Waals surface area contributed by atoms with Crippen LogP contribution in [-0.4, -0.2) is 43.8 Å². The number of anilines is 1. The molecule has 0 bridgehead atoms. The van der Waals surface area contributed by atoms with Gasteiger partial charge in [-0.25, -0.2) is 4.98 Å². The van der Waals surface area contributed by atoms with Crippen LogP contribution in [0.4, 0.5) is 5.82 Å². The number of ether oxygens (including phenoxy) is 2. The summed E-state index contributed by atoms with van der Waals surface area (Å²) in [5.74, 6) is 1.58. The van der Waals surface area contributed by atoms with Crippen molar-refractivity contribution in [3.05, 3.63) is 53.2 Å². The first-order valence-electron chi connectivity index (χ1n) is 8.63. The van der Waals surface area contributed by atoms with Crippen LogP contribution in [0.2, 0.25) is 5.02 Å². The highest BCUT2D eigenvalue weighted by Gasteiger charge is 2.12. The van der Waals surface area contributed by atoms with E-state index in [1.807, 2.05) is 12.1 Å². The van der Waals surface area contributed by atoms with Gasteiger partial charge in [0, 0.05) is 30.9 Å². The highest BCUT2D eigenvalue weighted by Crippen LogP contribution is 2.15. The minimum absolute atomic E-state index is 0.0591. The predicted octanol–water partition coefficient (Wildman–Crippen LogP) is 2.66. The van der Waals surface area contributed by atoms with Crippen LogP contribution >= 0.6 is 11.6 Å². The summed E-state index contributed by atoms with van der Waals surface area (Å²) < 4.78 is 10.9. The lowest BCUT2D eigenvalue weighted by Crippen LogP contribution is -2.36. The molecule has 0 radical (unpaired) electrons. The van der Waals surface area contributed by atoms with E-state index in [0.29, 0.717) is 30.3 Å². The number of pyridine rings is 1. The average Bonchev–Trinajstić information content (AvgIpc) is 2.69. The molecule has 0 atom stereocenters. The van der Waals surface area contributed by atoms with E-state index >= 15 is 0 Å². The second kappa shape index (κ2) is 9.40. The molecule has 2 heterocycles. The number of rotatable bonds is 7. The number of nitrogens with one attached hydrogen (secondary N) is 1. The van der Waals surface area contributed by atoms with E-state index in [1.165, 1.54) is 0 Å². The maximum atomic E-state index is 11.9. The van der Waals surface area contributed by atoms with Crippen molar-refractivity contribution < 1.29 is 14.3 Å². The Hall–Kier alpha value is -2.31. The Bertz CT molecular complexity index is 701. The molecular weight excluding hydrogens is 354 g/mol. The summed E-state index contributed by atoms with van der Waals surface area (Å²) in [4.78, 5) is 18.6. The number of hydrogen-bond donors (Lipinski definition) is 1. The summed E-state index contributed by atoms with van der Waals surface area (Å²) in [5, 5.41) is 3.54. The van der Waals surface area contributed by atoms with Crippen molar-refractivity contribution in [3.8, 4) is 5.75 Å². The van der Waals surface area contributed by atoms with Crippen LogP contribution in [0, 0.1) is 0 Å². The Morgan fingerprint density at radius 2 is 1.96 bits per heavy atom. The number of morpholine rings is 1. The number of carbonyl (C=O) groups excluding carboxylic acids is 1. The van der Waals surface area contributed by atoms with Crippen molar-refractivity contribution in [1.82, 2.24) is 10.3 Å². The van der Waals surface area contributed by atoms with Crippen LogP contribution in [0.3, 0.4) is 0 Å². The van der Waals surface area contributed by atoms with Gasteiger partial charge >= 0.3 is 0 Å². The van der Waals surface area contributed by atoms with E-state index in [9.17, 15) is 4.79 Å². The second-order valence-electron chi connectivity index (χ2n) is 5.95. The molecular formula is C19H22ClN3O3. The van der Waals surface area contributed by atoms with E-state index in [-0.39, 0.29) is 5.91 Å². The molecule has 6 nitrogen and oxygen atoms in total. The van der Waals surface area contributed by atoms with Crippen molar-refractivity contribution in [2.75, 3.05) is 37.8 Å². The zero-order valence-corrected chi connectivity index (χ0v) is 15.2. The Labute approximate surface area is 158 Å². The smallest absolute Gasteiger partial charge is 0.223 e. The molecule has 0 unspecified atom stereocenters. The van der Waals surface area contributed by atoms with Gasteiger partial charge in [-0.05, 0) is 35.9 Å². The molecule has 138 valence electrons. The zero-order valence-electron chi connectivity index (χ0n) is 14.5. The van der Waals surface area contributed by atoms with Gasteiger partial charge in [-0.2, -0.15) is 0 Å². The molecule has 1 aromatic heterocycles. The van der Waals surface area contributed by atoms with Gasteiger partial charge in [-0.1, -0.05) is 17.7 Å². The summed E-state index contributed by atoms with van der Waals surface area (Å²) in [6.07, 6.45) is 2.09. The predicted molar refractivity (Wildman–Crippen MR) is 101 cm³/mol. The van der Waals surface area contributed by atoms with Crippen LogP contribution in [0.5, 0.6) is 5.75 Å². The molecule has 1 amide bonds. The van der Waals surface area contributed by atoms with Gasteiger partial charge < -0.3 is 19.7 Å². The van der Waals surface area contributed by atoms with Gasteiger partial charge in [0.15, 0.2) is 0 Å². The minimum atomic E-state index is -0.0591. The molecule has 3 rings (SSSR count).